The number of nitrogens with zero attached hydrogens (tertiary/aromatic N) is 1. The molecule has 0 bridgehead atoms. The number of nitrogens with one attached hydrogen (secondary N) is 1. The van der Waals surface area contributed by atoms with E-state index >= 15 is 0 Å². The molecule has 0 aliphatic carbocycles. The summed E-state index contributed by atoms with van der Waals surface area (Å²) < 4.78 is 0. The Labute approximate surface area is 156 Å². The van der Waals surface area contributed by atoms with Crippen LogP contribution in [0.25, 0.3) is 0 Å². The Bertz CT molecular complexity index is 624. The predicted molar refractivity (Wildman–Crippen MR) is 105 cm³/mol. The normalized spacial score (nSPS) is 11.6. The first-order valence-corrected chi connectivity index (χ1v) is 9.30. The molecular formula is C22H28N2O2. The summed E-state index contributed by atoms with van der Waals surface area (Å²) in [4.78, 5) is 27.3. The zero-order chi connectivity index (χ0) is 18.8. The second-order valence-corrected chi connectivity index (χ2v) is 6.36. The van der Waals surface area contributed by atoms with E-state index in [0.29, 0.717) is 25.9 Å². The molecule has 0 spiro atoms. The smallest absolute Gasteiger partial charge is 0.243 e. The highest BCUT2D eigenvalue weighted by Crippen LogP contribution is 2.16. The molecule has 0 radical (unpaired) electrons. The lowest BCUT2D eigenvalue weighted by molar-refractivity contribution is -0.141. The van der Waals surface area contributed by atoms with Crippen LogP contribution in [0.1, 0.15) is 37.8 Å². The number of hydrogen-bond acceptors (Lipinski definition) is 2. The van der Waals surface area contributed by atoms with Gasteiger partial charge in [-0.3, -0.25) is 9.59 Å². The largest absolute Gasteiger partial charge is 0.355 e. The van der Waals surface area contributed by atoms with Crippen molar-refractivity contribution in [3.63, 3.8) is 0 Å². The van der Waals surface area contributed by atoms with E-state index in [-0.39, 0.29) is 11.8 Å². The molecule has 1 atom stereocenters. The monoisotopic (exact) mass is 352 g/mol. The molecule has 0 fully saturated rings. The Kier molecular flexibility index (Phi) is 7.87. The molecule has 0 aliphatic heterocycles. The summed E-state index contributed by atoms with van der Waals surface area (Å²) >= 11 is 0. The van der Waals surface area contributed by atoms with E-state index in [0.717, 1.165) is 17.5 Å². The number of likely N-dealkylation sites (N-methyl/N-ethyl adjacent to an activating group) is 1. The molecule has 0 saturated carbocycles. The molecule has 4 nitrogen and oxygen atoms in total. The molecule has 2 aromatic carbocycles. The molecule has 2 rings (SSSR count). The second-order valence-electron chi connectivity index (χ2n) is 6.36. The summed E-state index contributed by atoms with van der Waals surface area (Å²) in [7, 11) is 0. The number of carbonyl (C=O) groups excluding carboxylic acids is 2. The summed E-state index contributed by atoms with van der Waals surface area (Å²) in [5.41, 5.74) is 2.07. The highest BCUT2D eigenvalue weighted by Gasteiger charge is 2.29. The Balaban J connectivity index is 2.31. The first-order chi connectivity index (χ1) is 12.7. The third kappa shape index (κ3) is 5.73. The molecule has 138 valence electrons. The highest BCUT2D eigenvalue weighted by molar-refractivity contribution is 5.88. The van der Waals surface area contributed by atoms with E-state index < -0.39 is 6.04 Å². The van der Waals surface area contributed by atoms with E-state index in [9.17, 15) is 9.59 Å². The molecule has 1 N–H and O–H groups in total. The van der Waals surface area contributed by atoms with Gasteiger partial charge in [0.15, 0.2) is 0 Å². The molecule has 0 aromatic heterocycles. The minimum Gasteiger partial charge on any atom is -0.355 e. The fourth-order valence-corrected chi connectivity index (χ4v) is 2.98. The molecular weight excluding hydrogens is 324 g/mol. The van der Waals surface area contributed by atoms with Crippen molar-refractivity contribution in [3.8, 4) is 0 Å². The fourth-order valence-electron chi connectivity index (χ4n) is 2.98. The molecule has 2 amide bonds. The van der Waals surface area contributed by atoms with Gasteiger partial charge in [0.2, 0.25) is 11.8 Å². The van der Waals surface area contributed by atoms with Gasteiger partial charge in [-0.2, -0.15) is 0 Å². The van der Waals surface area contributed by atoms with Crippen molar-refractivity contribution in [2.75, 3.05) is 6.54 Å². The van der Waals surface area contributed by atoms with Crippen LogP contribution in [0.5, 0.6) is 0 Å². The van der Waals surface area contributed by atoms with Gasteiger partial charge in [-0.1, -0.05) is 67.6 Å². The van der Waals surface area contributed by atoms with Gasteiger partial charge in [0.05, 0.1) is 0 Å². The number of rotatable bonds is 9. The summed E-state index contributed by atoms with van der Waals surface area (Å²) in [6.45, 7) is 4.86. The molecule has 2 aromatic rings. The van der Waals surface area contributed by atoms with Crippen molar-refractivity contribution >= 4 is 11.8 Å². The summed E-state index contributed by atoms with van der Waals surface area (Å²) in [5, 5.41) is 2.90. The van der Waals surface area contributed by atoms with Gasteiger partial charge < -0.3 is 10.2 Å². The van der Waals surface area contributed by atoms with Crippen LogP contribution >= 0.6 is 0 Å². The highest BCUT2D eigenvalue weighted by atomic mass is 16.2. The second kappa shape index (κ2) is 10.4. The van der Waals surface area contributed by atoms with Gasteiger partial charge >= 0.3 is 0 Å². The van der Waals surface area contributed by atoms with Gasteiger partial charge in [-0.25, -0.2) is 0 Å². The van der Waals surface area contributed by atoms with Crippen LogP contribution < -0.4 is 5.32 Å². The quantitative estimate of drug-likeness (QED) is 0.750. The topological polar surface area (TPSA) is 49.4 Å². The maximum atomic E-state index is 12.8. The van der Waals surface area contributed by atoms with Crippen molar-refractivity contribution in [2.45, 2.75) is 45.7 Å². The number of amides is 2. The summed E-state index contributed by atoms with van der Waals surface area (Å²) in [6, 6.07) is 19.2. The van der Waals surface area contributed by atoms with Crippen molar-refractivity contribution in [3.05, 3.63) is 71.8 Å². The average molecular weight is 352 g/mol. The standard InChI is InChI=1S/C22H28N2O2/c1-3-11-21(25)24(17-19-14-9-6-10-15-19)20(22(26)23-4-2)16-18-12-7-5-8-13-18/h5-10,12-15,20H,3-4,11,16-17H2,1-2H3,(H,23,26). The van der Waals surface area contributed by atoms with Crippen molar-refractivity contribution in [2.24, 2.45) is 0 Å². The van der Waals surface area contributed by atoms with E-state index in [1.165, 1.54) is 0 Å². The van der Waals surface area contributed by atoms with Gasteiger partial charge in [0, 0.05) is 25.9 Å². The molecule has 4 heteroatoms. The molecule has 1 unspecified atom stereocenters. The maximum absolute atomic E-state index is 12.8. The lowest BCUT2D eigenvalue weighted by atomic mass is 10.0. The third-order valence-corrected chi connectivity index (χ3v) is 4.28. The van der Waals surface area contributed by atoms with Crippen LogP contribution in [0.3, 0.4) is 0 Å². The zero-order valence-corrected chi connectivity index (χ0v) is 15.7. The van der Waals surface area contributed by atoms with Gasteiger partial charge in [0.25, 0.3) is 0 Å². The molecule has 0 heterocycles. The summed E-state index contributed by atoms with van der Waals surface area (Å²) in [5.74, 6) is -0.0831. The van der Waals surface area contributed by atoms with E-state index in [2.05, 4.69) is 5.32 Å². The van der Waals surface area contributed by atoms with Crippen molar-refractivity contribution in [1.82, 2.24) is 10.2 Å². The Hall–Kier alpha value is -2.62. The molecule has 0 saturated heterocycles. The Morgan fingerprint density at radius 1 is 0.923 bits per heavy atom. The lowest BCUT2D eigenvalue weighted by Gasteiger charge is -2.31. The van der Waals surface area contributed by atoms with Crippen molar-refractivity contribution in [1.29, 1.82) is 0 Å². The molecule has 0 aliphatic rings. The van der Waals surface area contributed by atoms with E-state index in [1.807, 2.05) is 74.5 Å². The van der Waals surface area contributed by atoms with Gasteiger partial charge in [-0.15, -0.1) is 0 Å². The van der Waals surface area contributed by atoms with Crippen LogP contribution in [0, 0.1) is 0 Å². The van der Waals surface area contributed by atoms with Crippen LogP contribution in [0.4, 0.5) is 0 Å². The van der Waals surface area contributed by atoms with Gasteiger partial charge in [-0.05, 0) is 24.5 Å². The zero-order valence-electron chi connectivity index (χ0n) is 15.7. The van der Waals surface area contributed by atoms with E-state index in [4.69, 9.17) is 0 Å². The van der Waals surface area contributed by atoms with Crippen LogP contribution in [-0.2, 0) is 22.6 Å². The SMILES string of the molecule is CCCC(=O)N(Cc1ccccc1)C(Cc1ccccc1)C(=O)NCC. The van der Waals surface area contributed by atoms with E-state index in [1.54, 1.807) is 4.90 Å². The van der Waals surface area contributed by atoms with Crippen LogP contribution in [-0.4, -0.2) is 29.3 Å². The summed E-state index contributed by atoms with van der Waals surface area (Å²) in [6.07, 6.45) is 1.71. The fraction of sp³-hybridized carbons (Fsp3) is 0.364. The first kappa shape index (κ1) is 19.7. The first-order valence-electron chi connectivity index (χ1n) is 9.30. The Morgan fingerprint density at radius 2 is 1.50 bits per heavy atom. The van der Waals surface area contributed by atoms with Crippen LogP contribution in [0.2, 0.25) is 0 Å². The average Bonchev–Trinajstić information content (AvgIpc) is 2.66. The number of hydrogen-bond donors (Lipinski definition) is 1. The van der Waals surface area contributed by atoms with Crippen molar-refractivity contribution < 1.29 is 9.59 Å². The lowest BCUT2D eigenvalue weighted by Crippen LogP contribution is -2.50. The maximum Gasteiger partial charge on any atom is 0.243 e. The third-order valence-electron chi connectivity index (χ3n) is 4.28. The van der Waals surface area contributed by atoms with Gasteiger partial charge in [0.1, 0.15) is 6.04 Å². The predicted octanol–water partition coefficient (Wildman–Crippen LogP) is 3.56. The number of benzene rings is 2. The Morgan fingerprint density at radius 3 is 2.04 bits per heavy atom. The minimum absolute atomic E-state index is 0.0172. The number of carbonyl (C=O) groups is 2. The minimum atomic E-state index is -0.517. The van der Waals surface area contributed by atoms with Crippen LogP contribution in [0.15, 0.2) is 60.7 Å². The molecule has 26 heavy (non-hydrogen) atoms.